The zero-order chi connectivity index (χ0) is 14.7. The number of urea groups is 1. The Morgan fingerprint density at radius 1 is 0.895 bits per heavy atom. The molecule has 0 saturated heterocycles. The molecule has 0 radical (unpaired) electrons. The van der Waals surface area contributed by atoms with E-state index in [0.29, 0.717) is 0 Å². The SMILES string of the molecule is O=C(CCl)NC(=O)Nc1c(F)c(F)c(F)c(F)c1F. The van der Waals surface area contributed by atoms with E-state index >= 15 is 0 Å². The molecule has 2 N–H and O–H groups in total. The lowest BCUT2D eigenvalue weighted by molar-refractivity contribution is -0.117. The summed E-state index contributed by atoms with van der Waals surface area (Å²) < 4.78 is 64.4. The molecule has 0 atom stereocenters. The average Bonchev–Trinajstić information content (AvgIpc) is 2.39. The Bertz CT molecular complexity index is 523. The van der Waals surface area contributed by atoms with Crippen LogP contribution in [0.5, 0.6) is 0 Å². The maximum absolute atomic E-state index is 13.1. The quantitative estimate of drug-likeness (QED) is 0.381. The van der Waals surface area contributed by atoms with Crippen molar-refractivity contribution in [3.05, 3.63) is 29.1 Å². The summed E-state index contributed by atoms with van der Waals surface area (Å²) in [5.74, 6) is -12.9. The minimum absolute atomic E-state index is 0.634. The van der Waals surface area contributed by atoms with Crippen molar-refractivity contribution in [2.75, 3.05) is 11.2 Å². The molecule has 19 heavy (non-hydrogen) atoms. The summed E-state index contributed by atoms with van der Waals surface area (Å²) in [6, 6.07) is -1.49. The fraction of sp³-hybridized carbons (Fsp3) is 0.111. The standard InChI is InChI=1S/C9H4ClF5N2O2/c10-1-2(18)16-9(19)17-8-6(14)4(12)3(11)5(13)7(8)15/h1H2,(H2,16,17,18,19). The van der Waals surface area contributed by atoms with Gasteiger partial charge in [-0.3, -0.25) is 10.1 Å². The zero-order valence-corrected chi connectivity index (χ0v) is 9.55. The van der Waals surface area contributed by atoms with Crippen LogP contribution in [0.3, 0.4) is 0 Å². The third-order valence-corrected chi connectivity index (χ3v) is 2.07. The number of carbonyl (C=O) groups is 2. The first kappa shape index (κ1) is 15.2. The van der Waals surface area contributed by atoms with Gasteiger partial charge >= 0.3 is 6.03 Å². The van der Waals surface area contributed by atoms with Gasteiger partial charge in [-0.2, -0.15) is 0 Å². The largest absolute Gasteiger partial charge is 0.326 e. The molecule has 0 heterocycles. The van der Waals surface area contributed by atoms with Gasteiger partial charge in [0.2, 0.25) is 11.7 Å². The molecule has 0 fully saturated rings. The summed E-state index contributed by atoms with van der Waals surface area (Å²) in [6.07, 6.45) is 0. The van der Waals surface area contributed by atoms with Gasteiger partial charge in [0.25, 0.3) is 0 Å². The summed E-state index contributed by atoms with van der Waals surface area (Å²) in [5, 5.41) is 2.82. The molecule has 0 aliphatic heterocycles. The Kier molecular flexibility index (Phi) is 4.65. The van der Waals surface area contributed by atoms with Gasteiger partial charge in [-0.1, -0.05) is 0 Å². The van der Waals surface area contributed by atoms with Gasteiger partial charge < -0.3 is 5.32 Å². The second-order valence-corrected chi connectivity index (χ2v) is 3.35. The fourth-order valence-electron chi connectivity index (χ4n) is 1.02. The molecule has 0 bridgehead atoms. The highest BCUT2D eigenvalue weighted by atomic mass is 35.5. The van der Waals surface area contributed by atoms with Gasteiger partial charge in [-0.15, -0.1) is 11.6 Å². The normalized spacial score (nSPS) is 10.2. The van der Waals surface area contributed by atoms with Crippen LogP contribution in [0.1, 0.15) is 0 Å². The Morgan fingerprint density at radius 2 is 1.32 bits per heavy atom. The number of imide groups is 1. The van der Waals surface area contributed by atoms with Crippen LogP contribution in [0.4, 0.5) is 32.4 Å². The van der Waals surface area contributed by atoms with Crippen LogP contribution < -0.4 is 10.6 Å². The number of nitrogens with one attached hydrogen (secondary N) is 2. The number of alkyl halides is 1. The molecule has 0 saturated carbocycles. The van der Waals surface area contributed by atoms with Crippen LogP contribution in [-0.2, 0) is 4.79 Å². The summed E-state index contributed by atoms with van der Waals surface area (Å²) in [6.45, 7) is 0. The third-order valence-electron chi connectivity index (χ3n) is 1.82. The molecule has 0 unspecified atom stereocenters. The van der Waals surface area contributed by atoms with Crippen LogP contribution in [0.25, 0.3) is 0 Å². The predicted molar refractivity (Wildman–Crippen MR) is 54.1 cm³/mol. The predicted octanol–water partition coefficient (Wildman–Crippen LogP) is 2.27. The van der Waals surface area contributed by atoms with E-state index in [0.717, 1.165) is 0 Å². The summed E-state index contributed by atoms with van der Waals surface area (Å²) in [7, 11) is 0. The second-order valence-electron chi connectivity index (χ2n) is 3.08. The van der Waals surface area contributed by atoms with Crippen molar-refractivity contribution in [1.82, 2.24) is 5.32 Å². The number of anilines is 1. The van der Waals surface area contributed by atoms with Gasteiger partial charge in [0, 0.05) is 0 Å². The number of carbonyl (C=O) groups excluding carboxylic acids is 2. The molecule has 3 amide bonds. The second kappa shape index (κ2) is 5.83. The zero-order valence-electron chi connectivity index (χ0n) is 8.79. The molecule has 1 aromatic rings. The first-order valence-corrected chi connectivity index (χ1v) is 5.01. The van der Waals surface area contributed by atoms with Crippen molar-refractivity contribution in [1.29, 1.82) is 0 Å². The maximum atomic E-state index is 13.1. The van der Waals surface area contributed by atoms with Crippen molar-refractivity contribution >= 4 is 29.2 Å². The van der Waals surface area contributed by atoms with Crippen LogP contribution in [0.2, 0.25) is 0 Å². The molecular weight excluding hydrogens is 299 g/mol. The minimum Gasteiger partial charge on any atom is -0.302 e. The molecule has 0 aliphatic carbocycles. The minimum atomic E-state index is -2.36. The number of benzene rings is 1. The topological polar surface area (TPSA) is 58.2 Å². The smallest absolute Gasteiger partial charge is 0.302 e. The van der Waals surface area contributed by atoms with E-state index in [4.69, 9.17) is 11.6 Å². The van der Waals surface area contributed by atoms with Crippen LogP contribution in [0.15, 0.2) is 0 Å². The first-order valence-electron chi connectivity index (χ1n) is 4.47. The van der Waals surface area contributed by atoms with Crippen LogP contribution in [-0.4, -0.2) is 17.8 Å². The molecule has 1 aromatic carbocycles. The molecule has 0 spiro atoms. The van der Waals surface area contributed by atoms with Crippen molar-refractivity contribution in [2.24, 2.45) is 0 Å². The van der Waals surface area contributed by atoms with E-state index in [-0.39, 0.29) is 0 Å². The van der Waals surface area contributed by atoms with E-state index in [1.54, 1.807) is 0 Å². The Labute approximate surface area is 107 Å². The highest BCUT2D eigenvalue weighted by molar-refractivity contribution is 6.28. The molecule has 104 valence electrons. The number of hydrogen-bond acceptors (Lipinski definition) is 2. The van der Waals surface area contributed by atoms with E-state index in [9.17, 15) is 31.5 Å². The number of amides is 3. The van der Waals surface area contributed by atoms with E-state index in [2.05, 4.69) is 0 Å². The van der Waals surface area contributed by atoms with Gasteiger partial charge in [0.15, 0.2) is 23.3 Å². The lowest BCUT2D eigenvalue weighted by Crippen LogP contribution is -2.35. The van der Waals surface area contributed by atoms with E-state index < -0.39 is 52.6 Å². The molecule has 4 nitrogen and oxygen atoms in total. The van der Waals surface area contributed by atoms with Gasteiger partial charge in [0.1, 0.15) is 11.6 Å². The van der Waals surface area contributed by atoms with Crippen molar-refractivity contribution in [2.45, 2.75) is 0 Å². The third kappa shape index (κ3) is 3.11. The molecule has 0 aliphatic rings. The highest BCUT2D eigenvalue weighted by Gasteiger charge is 2.27. The van der Waals surface area contributed by atoms with Gasteiger partial charge in [0.05, 0.1) is 0 Å². The fourth-order valence-corrected chi connectivity index (χ4v) is 1.09. The number of rotatable bonds is 2. The van der Waals surface area contributed by atoms with E-state index in [1.807, 2.05) is 0 Å². The Morgan fingerprint density at radius 3 is 1.74 bits per heavy atom. The molecule has 0 aromatic heterocycles. The van der Waals surface area contributed by atoms with E-state index in [1.165, 1.54) is 10.6 Å². The van der Waals surface area contributed by atoms with Crippen molar-refractivity contribution in [3.63, 3.8) is 0 Å². The summed E-state index contributed by atoms with van der Waals surface area (Å²) >= 11 is 5.02. The van der Waals surface area contributed by atoms with Gasteiger partial charge in [-0.05, 0) is 0 Å². The summed E-state index contributed by atoms with van der Waals surface area (Å²) in [4.78, 5) is 21.7. The monoisotopic (exact) mass is 302 g/mol. The van der Waals surface area contributed by atoms with Crippen molar-refractivity contribution < 1.29 is 31.5 Å². The lowest BCUT2D eigenvalue weighted by atomic mass is 10.2. The van der Waals surface area contributed by atoms with Gasteiger partial charge in [-0.25, -0.2) is 26.7 Å². The first-order chi connectivity index (χ1) is 8.79. The summed E-state index contributed by atoms with van der Waals surface area (Å²) in [5.41, 5.74) is -1.57. The maximum Gasteiger partial charge on any atom is 0.326 e. The molecular formula is C9H4ClF5N2O2. The van der Waals surface area contributed by atoms with Crippen LogP contribution >= 0.6 is 11.6 Å². The average molecular weight is 303 g/mol. The Hall–Kier alpha value is -1.90. The number of hydrogen-bond donors (Lipinski definition) is 2. The molecule has 1 rings (SSSR count). The lowest BCUT2D eigenvalue weighted by Gasteiger charge is -2.09. The van der Waals surface area contributed by atoms with Crippen molar-refractivity contribution in [3.8, 4) is 0 Å². The van der Waals surface area contributed by atoms with Crippen LogP contribution in [0, 0.1) is 29.1 Å². The number of halogens is 6. The Balaban J connectivity index is 3.09. The highest BCUT2D eigenvalue weighted by Crippen LogP contribution is 2.26. The molecule has 10 heteroatoms.